The highest BCUT2D eigenvalue weighted by Crippen LogP contribution is 2.32. The van der Waals surface area contributed by atoms with Crippen molar-refractivity contribution in [1.29, 1.82) is 0 Å². The first-order chi connectivity index (χ1) is 17.7. The van der Waals surface area contributed by atoms with Crippen LogP contribution in [0.4, 0.5) is 4.79 Å². The summed E-state index contributed by atoms with van der Waals surface area (Å²) in [5.74, 6) is -0.483. The Labute approximate surface area is 222 Å². The second-order valence-electron chi connectivity index (χ2n) is 9.52. The number of carbonyl (C=O) groups excluding carboxylic acids is 3. The van der Waals surface area contributed by atoms with Gasteiger partial charge in [-0.2, -0.15) is 0 Å². The van der Waals surface area contributed by atoms with E-state index in [0.29, 0.717) is 48.0 Å². The summed E-state index contributed by atoms with van der Waals surface area (Å²) in [6.07, 6.45) is 0. The van der Waals surface area contributed by atoms with Crippen LogP contribution in [-0.2, 0) is 9.53 Å². The molecule has 4 rings (SSSR count). The van der Waals surface area contributed by atoms with Crippen LogP contribution in [0.2, 0.25) is 5.02 Å². The predicted molar refractivity (Wildman–Crippen MR) is 142 cm³/mol. The molecule has 2 aliphatic rings. The van der Waals surface area contributed by atoms with Gasteiger partial charge in [0.25, 0.3) is 5.91 Å². The van der Waals surface area contributed by atoms with E-state index in [1.54, 1.807) is 38.2 Å². The maximum atomic E-state index is 13.2. The number of urea groups is 1. The molecule has 0 bridgehead atoms. The summed E-state index contributed by atoms with van der Waals surface area (Å²) >= 11 is 5.97. The second-order valence-corrected chi connectivity index (χ2v) is 9.96. The van der Waals surface area contributed by atoms with E-state index >= 15 is 0 Å². The zero-order chi connectivity index (χ0) is 26.7. The van der Waals surface area contributed by atoms with Crippen LogP contribution in [0.5, 0.6) is 0 Å². The maximum absolute atomic E-state index is 13.2. The lowest BCUT2D eigenvalue weighted by molar-refractivity contribution is -0.139. The zero-order valence-corrected chi connectivity index (χ0v) is 22.4. The van der Waals surface area contributed by atoms with Crippen molar-refractivity contribution in [3.63, 3.8) is 0 Å². The fourth-order valence-corrected chi connectivity index (χ4v) is 4.98. The molecule has 8 nitrogen and oxygen atoms in total. The van der Waals surface area contributed by atoms with E-state index in [2.05, 4.69) is 10.2 Å². The lowest BCUT2D eigenvalue weighted by Crippen LogP contribution is -2.56. The third kappa shape index (κ3) is 5.81. The topological polar surface area (TPSA) is 82.2 Å². The van der Waals surface area contributed by atoms with Gasteiger partial charge in [-0.3, -0.25) is 14.6 Å². The van der Waals surface area contributed by atoms with Crippen molar-refractivity contribution >= 4 is 29.5 Å². The van der Waals surface area contributed by atoms with Gasteiger partial charge in [-0.1, -0.05) is 41.4 Å². The van der Waals surface area contributed by atoms with Crippen molar-refractivity contribution in [3.8, 4) is 0 Å². The minimum absolute atomic E-state index is 0.0381. The van der Waals surface area contributed by atoms with Gasteiger partial charge in [0.15, 0.2) is 0 Å². The molecular formula is C28H33ClN4O4. The van der Waals surface area contributed by atoms with Gasteiger partial charge in [0.2, 0.25) is 0 Å². The number of amides is 3. The van der Waals surface area contributed by atoms with Crippen LogP contribution in [0.1, 0.15) is 41.4 Å². The quantitative estimate of drug-likeness (QED) is 0.577. The summed E-state index contributed by atoms with van der Waals surface area (Å²) in [4.78, 5) is 44.8. The molecule has 0 radical (unpaired) electrons. The number of benzene rings is 2. The lowest BCUT2D eigenvalue weighted by Gasteiger charge is -2.42. The zero-order valence-electron chi connectivity index (χ0n) is 21.7. The Kier molecular flexibility index (Phi) is 8.19. The number of halogens is 1. The third-order valence-electron chi connectivity index (χ3n) is 6.92. The van der Waals surface area contributed by atoms with Crippen molar-refractivity contribution in [2.75, 3.05) is 39.8 Å². The Balaban J connectivity index is 1.59. The largest absolute Gasteiger partial charge is 0.463 e. The molecule has 0 saturated carbocycles. The van der Waals surface area contributed by atoms with E-state index in [-0.39, 0.29) is 24.6 Å². The molecule has 1 saturated heterocycles. The van der Waals surface area contributed by atoms with E-state index in [4.69, 9.17) is 16.3 Å². The number of likely N-dealkylation sites (N-methyl/N-ethyl adjacent to an activating group) is 1. The van der Waals surface area contributed by atoms with Crippen LogP contribution >= 0.6 is 11.6 Å². The van der Waals surface area contributed by atoms with Gasteiger partial charge in [-0.25, -0.2) is 9.59 Å². The molecule has 2 atom stereocenters. The summed E-state index contributed by atoms with van der Waals surface area (Å²) in [7, 11) is 1.67. The Morgan fingerprint density at radius 1 is 1.08 bits per heavy atom. The monoisotopic (exact) mass is 524 g/mol. The van der Waals surface area contributed by atoms with Crippen LogP contribution in [-0.4, -0.2) is 78.5 Å². The fraction of sp³-hybridized carbons (Fsp3) is 0.393. The van der Waals surface area contributed by atoms with Gasteiger partial charge in [0.1, 0.15) is 0 Å². The number of hydrogen-bond donors (Lipinski definition) is 1. The van der Waals surface area contributed by atoms with Crippen molar-refractivity contribution in [1.82, 2.24) is 20.0 Å². The van der Waals surface area contributed by atoms with E-state index in [0.717, 1.165) is 11.1 Å². The van der Waals surface area contributed by atoms with Crippen LogP contribution < -0.4 is 5.32 Å². The van der Waals surface area contributed by atoms with Crippen LogP contribution in [0.25, 0.3) is 0 Å². The molecule has 2 aliphatic heterocycles. The Morgan fingerprint density at radius 2 is 1.76 bits per heavy atom. The van der Waals surface area contributed by atoms with Gasteiger partial charge >= 0.3 is 12.0 Å². The van der Waals surface area contributed by atoms with Gasteiger partial charge in [-0.05, 0) is 50.6 Å². The van der Waals surface area contributed by atoms with Crippen molar-refractivity contribution < 1.29 is 19.1 Å². The van der Waals surface area contributed by atoms with E-state index in [9.17, 15) is 14.4 Å². The minimum atomic E-state index is -0.608. The molecule has 0 aromatic heterocycles. The Hall–Kier alpha value is -3.36. The number of nitrogens with zero attached hydrogens (tertiary/aromatic N) is 3. The van der Waals surface area contributed by atoms with Crippen molar-refractivity contribution in [2.45, 2.75) is 32.9 Å². The summed E-state index contributed by atoms with van der Waals surface area (Å²) in [5, 5.41) is 3.55. The number of carbonyl (C=O) groups is 3. The smallest absolute Gasteiger partial charge is 0.338 e. The number of ether oxygens (including phenoxy) is 1. The Bertz CT molecular complexity index is 1200. The number of piperazine rings is 1. The predicted octanol–water partition coefficient (Wildman–Crippen LogP) is 4.01. The molecule has 1 fully saturated rings. The molecule has 3 amide bonds. The highest BCUT2D eigenvalue weighted by Gasteiger charge is 2.38. The molecule has 2 aromatic carbocycles. The first-order valence-electron chi connectivity index (χ1n) is 12.5. The maximum Gasteiger partial charge on any atom is 0.338 e. The SMILES string of the molecule is CCOC(=O)C1=C(CN2CCN(C(=O)c3ccc(Cl)cc3)C(C)C2)N(C)C(=O)NC1c1ccc(C)cc1. The molecule has 2 aromatic rings. The first kappa shape index (κ1) is 26.7. The van der Waals surface area contributed by atoms with Gasteiger partial charge in [0.05, 0.1) is 18.2 Å². The average Bonchev–Trinajstić information content (AvgIpc) is 2.87. The lowest BCUT2D eigenvalue weighted by atomic mass is 9.93. The molecule has 0 aliphatic carbocycles. The van der Waals surface area contributed by atoms with Gasteiger partial charge in [0, 0.05) is 55.6 Å². The normalized spacial score (nSPS) is 20.6. The minimum Gasteiger partial charge on any atom is -0.463 e. The molecule has 1 N–H and O–H groups in total. The summed E-state index contributed by atoms with van der Waals surface area (Å²) in [6, 6.07) is 13.7. The summed E-state index contributed by atoms with van der Waals surface area (Å²) in [5.41, 5.74) is 3.54. The molecule has 2 unspecified atom stereocenters. The highest BCUT2D eigenvalue weighted by molar-refractivity contribution is 6.30. The first-order valence-corrected chi connectivity index (χ1v) is 12.9. The number of nitrogens with one attached hydrogen (secondary N) is 1. The van der Waals surface area contributed by atoms with E-state index in [1.165, 1.54) is 4.90 Å². The Morgan fingerprint density at radius 3 is 2.38 bits per heavy atom. The molecule has 9 heteroatoms. The van der Waals surface area contributed by atoms with Crippen LogP contribution in [0, 0.1) is 6.92 Å². The third-order valence-corrected chi connectivity index (χ3v) is 7.17. The molecule has 2 heterocycles. The molecule has 37 heavy (non-hydrogen) atoms. The summed E-state index contributed by atoms with van der Waals surface area (Å²) < 4.78 is 5.43. The molecule has 0 spiro atoms. The van der Waals surface area contributed by atoms with Gasteiger partial charge in [-0.15, -0.1) is 0 Å². The molecule has 196 valence electrons. The van der Waals surface area contributed by atoms with Crippen molar-refractivity contribution in [2.24, 2.45) is 0 Å². The number of aryl methyl sites for hydroxylation is 1. The number of rotatable bonds is 6. The fourth-order valence-electron chi connectivity index (χ4n) is 4.86. The number of hydrogen-bond acceptors (Lipinski definition) is 5. The van der Waals surface area contributed by atoms with E-state index < -0.39 is 12.0 Å². The average molecular weight is 525 g/mol. The van der Waals surface area contributed by atoms with E-state index in [1.807, 2.05) is 43.0 Å². The second kappa shape index (κ2) is 11.4. The standard InChI is InChI=1S/C28H33ClN4O4/c1-5-37-27(35)24-23(31(4)28(36)30-25(24)20-8-6-18(2)7-9-20)17-32-14-15-33(19(3)16-32)26(34)21-10-12-22(29)13-11-21/h6-13,19,25H,5,14-17H2,1-4H3,(H,30,36). The van der Waals surface area contributed by atoms with Crippen LogP contribution in [0.15, 0.2) is 59.8 Å². The number of esters is 1. The molecular weight excluding hydrogens is 492 g/mol. The van der Waals surface area contributed by atoms with Crippen LogP contribution in [0.3, 0.4) is 0 Å². The summed E-state index contributed by atoms with van der Waals surface area (Å²) in [6.45, 7) is 8.11. The van der Waals surface area contributed by atoms with Gasteiger partial charge < -0.3 is 15.0 Å². The highest BCUT2D eigenvalue weighted by atomic mass is 35.5. The van der Waals surface area contributed by atoms with Crippen molar-refractivity contribution in [3.05, 3.63) is 81.5 Å².